The van der Waals surface area contributed by atoms with Gasteiger partial charge in [-0.05, 0) is 88.2 Å². The lowest BCUT2D eigenvalue weighted by Gasteiger charge is -2.43. The van der Waals surface area contributed by atoms with Crippen LogP contribution in [0, 0.1) is 13.8 Å². The summed E-state index contributed by atoms with van der Waals surface area (Å²) in [6.45, 7) is 11.2. The van der Waals surface area contributed by atoms with Crippen LogP contribution in [0.15, 0.2) is 71.3 Å². The zero-order chi connectivity index (χ0) is 23.8. The van der Waals surface area contributed by atoms with Crippen LogP contribution in [0.3, 0.4) is 0 Å². The Morgan fingerprint density at radius 2 is 1.68 bits per heavy atom. The predicted molar refractivity (Wildman–Crippen MR) is 140 cm³/mol. The molecule has 0 N–H and O–H groups in total. The lowest BCUT2D eigenvalue weighted by Crippen LogP contribution is -2.49. The van der Waals surface area contributed by atoms with Crippen LogP contribution in [0.1, 0.15) is 37.6 Å². The second kappa shape index (κ2) is 7.13. The van der Waals surface area contributed by atoms with Crippen molar-refractivity contribution in [1.29, 1.82) is 0 Å². The molecule has 0 amide bonds. The largest absolute Gasteiger partial charge is 0.438 e. The van der Waals surface area contributed by atoms with Crippen LogP contribution in [0.4, 0.5) is 17.2 Å². The highest BCUT2D eigenvalue weighted by molar-refractivity contribution is 6.06. The molecule has 0 saturated carbocycles. The van der Waals surface area contributed by atoms with Crippen molar-refractivity contribution in [2.24, 2.45) is 7.05 Å². The summed E-state index contributed by atoms with van der Waals surface area (Å²) in [6, 6.07) is 21.5. The summed E-state index contributed by atoms with van der Waals surface area (Å²) in [7, 11) is 2.11. The average molecular weight is 451 g/mol. The molecule has 1 aliphatic rings. The molecule has 0 bridgehead atoms. The topological polar surface area (TPSA) is 37.4 Å². The highest BCUT2D eigenvalue weighted by atomic mass is 16.3. The van der Waals surface area contributed by atoms with Gasteiger partial charge in [0, 0.05) is 29.7 Å². The maximum absolute atomic E-state index is 6.24. The summed E-state index contributed by atoms with van der Waals surface area (Å²) in [4.78, 5) is 9.67. The maximum atomic E-state index is 6.24. The third kappa shape index (κ3) is 2.76. The van der Waals surface area contributed by atoms with Crippen LogP contribution >= 0.6 is 0 Å². The highest BCUT2D eigenvalue weighted by Gasteiger charge is 2.44. The molecule has 6 rings (SSSR count). The Bertz CT molecular complexity index is 1560. The SMILES string of the molecule is Cc1ccc2c(n1)oc1ccc(C)c(C(C)(C)N3c4ccccc4N(c4cccn4C)[C@H]3C)c12. The van der Waals surface area contributed by atoms with Crippen LogP contribution < -0.4 is 9.80 Å². The zero-order valence-corrected chi connectivity index (χ0v) is 20.6. The Labute approximate surface area is 200 Å². The van der Waals surface area contributed by atoms with Crippen LogP contribution in [-0.4, -0.2) is 15.7 Å². The van der Waals surface area contributed by atoms with Gasteiger partial charge in [0.2, 0.25) is 5.71 Å². The molecule has 5 aromatic rings. The van der Waals surface area contributed by atoms with E-state index in [1.165, 1.54) is 28.3 Å². The molecule has 0 fully saturated rings. The van der Waals surface area contributed by atoms with Gasteiger partial charge in [-0.3, -0.25) is 0 Å². The second-order valence-corrected chi connectivity index (χ2v) is 9.93. The number of aryl methyl sites for hydroxylation is 3. The van der Waals surface area contributed by atoms with Crippen molar-refractivity contribution in [2.45, 2.75) is 46.3 Å². The highest BCUT2D eigenvalue weighted by Crippen LogP contribution is 2.51. The smallest absolute Gasteiger partial charge is 0.227 e. The fourth-order valence-electron chi connectivity index (χ4n) is 6.03. The second-order valence-electron chi connectivity index (χ2n) is 9.93. The third-order valence-corrected chi connectivity index (χ3v) is 7.38. The lowest BCUT2D eigenvalue weighted by molar-refractivity contribution is 0.448. The van der Waals surface area contributed by atoms with E-state index in [2.05, 4.69) is 121 Å². The Morgan fingerprint density at radius 1 is 0.912 bits per heavy atom. The van der Waals surface area contributed by atoms with E-state index in [4.69, 9.17) is 4.42 Å². The van der Waals surface area contributed by atoms with E-state index in [0.29, 0.717) is 5.71 Å². The fourth-order valence-corrected chi connectivity index (χ4v) is 6.03. The Hall–Kier alpha value is -3.73. The molecule has 0 aliphatic carbocycles. The normalized spacial score (nSPS) is 16.1. The van der Waals surface area contributed by atoms with Gasteiger partial charge < -0.3 is 18.8 Å². The minimum Gasteiger partial charge on any atom is -0.438 e. The first-order valence-electron chi connectivity index (χ1n) is 11.9. The molecule has 172 valence electrons. The summed E-state index contributed by atoms with van der Waals surface area (Å²) < 4.78 is 8.42. The van der Waals surface area contributed by atoms with Crippen LogP contribution in [0.25, 0.3) is 22.1 Å². The number of hydrogen-bond donors (Lipinski definition) is 0. The monoisotopic (exact) mass is 450 g/mol. The molecule has 0 spiro atoms. The van der Waals surface area contributed by atoms with Crippen molar-refractivity contribution in [3.63, 3.8) is 0 Å². The number of aromatic nitrogens is 2. The molecule has 5 nitrogen and oxygen atoms in total. The third-order valence-electron chi connectivity index (χ3n) is 7.38. The van der Waals surface area contributed by atoms with E-state index in [0.717, 1.165) is 22.0 Å². The first-order chi connectivity index (χ1) is 16.3. The fraction of sp³-hybridized carbons (Fsp3) is 0.276. The van der Waals surface area contributed by atoms with E-state index in [1.54, 1.807) is 0 Å². The Kier molecular flexibility index (Phi) is 4.37. The van der Waals surface area contributed by atoms with Crippen molar-refractivity contribution in [2.75, 3.05) is 9.80 Å². The van der Waals surface area contributed by atoms with E-state index in [1.807, 2.05) is 6.92 Å². The zero-order valence-electron chi connectivity index (χ0n) is 20.6. The van der Waals surface area contributed by atoms with Gasteiger partial charge in [-0.25, -0.2) is 4.98 Å². The number of furan rings is 1. The molecule has 2 aromatic carbocycles. The van der Waals surface area contributed by atoms with Gasteiger partial charge in [0.25, 0.3) is 0 Å². The lowest BCUT2D eigenvalue weighted by atomic mass is 9.84. The van der Waals surface area contributed by atoms with Crippen LogP contribution in [0.5, 0.6) is 0 Å². The minimum atomic E-state index is -0.319. The van der Waals surface area contributed by atoms with Gasteiger partial charge in [0.15, 0.2) is 0 Å². The number of benzene rings is 2. The molecular formula is C29H30N4O. The predicted octanol–water partition coefficient (Wildman–Crippen LogP) is 7.18. The molecule has 3 aromatic heterocycles. The standard InChI is InChI=1S/C29H30N4O/c1-18-13-16-24-26(21-15-14-19(2)30-28(21)34-24)27(18)29(4,5)33-20(3)32(25-12-9-17-31(25)6)22-10-7-8-11-23(22)33/h7-17,20H,1-6H3/t20-/m1/s1. The van der Waals surface area contributed by atoms with Gasteiger partial charge >= 0.3 is 0 Å². The van der Waals surface area contributed by atoms with Crippen molar-refractivity contribution in [3.8, 4) is 0 Å². The summed E-state index contributed by atoms with van der Waals surface area (Å²) >= 11 is 0. The van der Waals surface area contributed by atoms with Crippen molar-refractivity contribution < 1.29 is 4.42 Å². The molecule has 1 aliphatic heterocycles. The number of para-hydroxylation sites is 2. The van der Waals surface area contributed by atoms with E-state index in [-0.39, 0.29) is 11.7 Å². The minimum absolute atomic E-state index is 0.120. The van der Waals surface area contributed by atoms with Gasteiger partial charge in [-0.15, -0.1) is 0 Å². The number of rotatable bonds is 3. The molecule has 4 heterocycles. The van der Waals surface area contributed by atoms with Crippen molar-refractivity contribution in [3.05, 3.63) is 83.7 Å². The Morgan fingerprint density at radius 3 is 2.41 bits per heavy atom. The maximum Gasteiger partial charge on any atom is 0.227 e. The van der Waals surface area contributed by atoms with E-state index in [9.17, 15) is 0 Å². The molecule has 34 heavy (non-hydrogen) atoms. The molecular weight excluding hydrogens is 420 g/mol. The molecule has 0 saturated heterocycles. The van der Waals surface area contributed by atoms with Crippen molar-refractivity contribution >= 4 is 39.3 Å². The van der Waals surface area contributed by atoms with Gasteiger partial charge in [0.1, 0.15) is 17.6 Å². The molecule has 1 atom stereocenters. The van der Waals surface area contributed by atoms with Crippen molar-refractivity contribution in [1.82, 2.24) is 9.55 Å². The van der Waals surface area contributed by atoms with E-state index < -0.39 is 0 Å². The van der Waals surface area contributed by atoms with Crippen LogP contribution in [-0.2, 0) is 12.6 Å². The summed E-state index contributed by atoms with van der Waals surface area (Å²) in [6.07, 6.45) is 2.23. The molecule has 0 unspecified atom stereocenters. The number of fused-ring (bicyclic) bond motifs is 4. The number of anilines is 3. The van der Waals surface area contributed by atoms with Gasteiger partial charge in [0.05, 0.1) is 16.9 Å². The Balaban J connectivity index is 1.60. The van der Waals surface area contributed by atoms with Gasteiger partial charge in [-0.1, -0.05) is 18.2 Å². The first kappa shape index (κ1) is 20.8. The molecule has 0 radical (unpaired) electrons. The number of hydrogen-bond acceptors (Lipinski definition) is 4. The summed E-state index contributed by atoms with van der Waals surface area (Å²) in [5, 5.41) is 2.24. The number of pyridine rings is 1. The average Bonchev–Trinajstić information content (AvgIpc) is 3.45. The molecule has 5 heteroatoms. The van der Waals surface area contributed by atoms with Crippen LogP contribution in [0.2, 0.25) is 0 Å². The van der Waals surface area contributed by atoms with E-state index >= 15 is 0 Å². The van der Waals surface area contributed by atoms with Gasteiger partial charge in [-0.2, -0.15) is 0 Å². The summed E-state index contributed by atoms with van der Waals surface area (Å²) in [5.74, 6) is 1.18. The number of nitrogens with zero attached hydrogens (tertiary/aromatic N) is 4. The first-order valence-corrected chi connectivity index (χ1v) is 11.9. The quantitative estimate of drug-likeness (QED) is 0.292. The summed E-state index contributed by atoms with van der Waals surface area (Å²) in [5.41, 5.74) is 7.24.